The topological polar surface area (TPSA) is 81.4 Å². The van der Waals surface area contributed by atoms with Crippen molar-refractivity contribution in [3.8, 4) is 0 Å². The van der Waals surface area contributed by atoms with Crippen molar-refractivity contribution in [3.05, 3.63) is 52.4 Å². The fourth-order valence-electron chi connectivity index (χ4n) is 2.09. The highest BCUT2D eigenvalue weighted by molar-refractivity contribution is 5.93. The normalized spacial score (nSPS) is 11.8. The first-order chi connectivity index (χ1) is 10.9. The zero-order valence-electron chi connectivity index (χ0n) is 13.7. The lowest BCUT2D eigenvalue weighted by molar-refractivity contribution is -0.129. The second-order valence-corrected chi connectivity index (χ2v) is 5.45. The van der Waals surface area contributed by atoms with Crippen LogP contribution in [-0.4, -0.2) is 23.1 Å². The second kappa shape index (κ2) is 7.09. The first-order valence-electron chi connectivity index (χ1n) is 7.35. The van der Waals surface area contributed by atoms with Crippen LogP contribution in [0.1, 0.15) is 39.9 Å². The molecule has 0 saturated carbocycles. The van der Waals surface area contributed by atoms with Gasteiger partial charge in [-0.25, -0.2) is 4.79 Å². The van der Waals surface area contributed by atoms with Crippen molar-refractivity contribution in [3.63, 3.8) is 0 Å². The lowest BCUT2D eigenvalue weighted by Crippen LogP contribution is -2.35. The largest absolute Gasteiger partial charge is 0.449 e. The Bertz CT molecular complexity index is 684. The van der Waals surface area contributed by atoms with Crippen LogP contribution in [0.3, 0.4) is 0 Å². The lowest BCUT2D eigenvalue weighted by Gasteiger charge is -2.13. The summed E-state index contributed by atoms with van der Waals surface area (Å²) in [7, 11) is 0. The Kier molecular flexibility index (Phi) is 5.16. The first kappa shape index (κ1) is 16.7. The molecule has 0 bridgehead atoms. The molecule has 0 aliphatic rings. The summed E-state index contributed by atoms with van der Waals surface area (Å²) in [6.07, 6.45) is -0.901. The molecule has 1 amide bonds. The Morgan fingerprint density at radius 1 is 1.22 bits per heavy atom. The van der Waals surface area contributed by atoms with Crippen LogP contribution in [0.15, 0.2) is 28.8 Å². The summed E-state index contributed by atoms with van der Waals surface area (Å²) in [6, 6.07) is 7.83. The summed E-state index contributed by atoms with van der Waals surface area (Å²) in [5.41, 5.74) is 2.85. The molecule has 6 heteroatoms. The monoisotopic (exact) mass is 316 g/mol. The lowest BCUT2D eigenvalue weighted by atomic mass is 10.1. The van der Waals surface area contributed by atoms with Crippen molar-refractivity contribution < 1.29 is 18.8 Å². The maximum atomic E-state index is 12.1. The van der Waals surface area contributed by atoms with Gasteiger partial charge in [0.05, 0.1) is 5.69 Å². The molecule has 0 radical (unpaired) electrons. The van der Waals surface area contributed by atoms with E-state index in [1.807, 2.05) is 31.2 Å². The zero-order chi connectivity index (χ0) is 17.0. The van der Waals surface area contributed by atoms with Gasteiger partial charge in [-0.3, -0.25) is 4.79 Å². The number of aryl methyl sites for hydroxylation is 3. The number of aromatic nitrogens is 1. The maximum Gasteiger partial charge on any atom is 0.344 e. The molecule has 0 spiro atoms. The van der Waals surface area contributed by atoms with Gasteiger partial charge in [0.15, 0.2) is 6.10 Å². The first-order valence-corrected chi connectivity index (χ1v) is 7.35. The Morgan fingerprint density at radius 3 is 2.43 bits per heavy atom. The van der Waals surface area contributed by atoms with Gasteiger partial charge in [0.2, 0.25) is 0 Å². The number of hydrogen-bond acceptors (Lipinski definition) is 5. The molecule has 1 aromatic carbocycles. The van der Waals surface area contributed by atoms with E-state index in [-0.39, 0.29) is 11.5 Å². The van der Waals surface area contributed by atoms with E-state index in [0.717, 1.165) is 11.1 Å². The van der Waals surface area contributed by atoms with Crippen molar-refractivity contribution in [1.29, 1.82) is 0 Å². The third-order valence-electron chi connectivity index (χ3n) is 3.48. The highest BCUT2D eigenvalue weighted by atomic mass is 16.5. The molecule has 0 unspecified atom stereocenters. The molecule has 1 heterocycles. The van der Waals surface area contributed by atoms with Crippen LogP contribution in [0.25, 0.3) is 0 Å². The summed E-state index contributed by atoms with van der Waals surface area (Å²) in [4.78, 5) is 24.1. The standard InChI is InChI=1S/C17H20N2O4/c1-10-5-7-14(8-6-10)9-18-16(20)13(4)22-17(21)15-11(2)19-23-12(15)3/h5-8,13H,9H2,1-4H3,(H,18,20)/t13-/m0/s1. The minimum absolute atomic E-state index is 0.267. The molecule has 0 aliphatic carbocycles. The van der Waals surface area contributed by atoms with Crippen molar-refractivity contribution in [2.24, 2.45) is 0 Å². The van der Waals surface area contributed by atoms with Gasteiger partial charge in [-0.1, -0.05) is 35.0 Å². The van der Waals surface area contributed by atoms with Crippen LogP contribution in [0, 0.1) is 20.8 Å². The summed E-state index contributed by atoms with van der Waals surface area (Å²) in [6.45, 7) is 7.18. The smallest absolute Gasteiger partial charge is 0.344 e. The molecule has 0 saturated heterocycles. The number of esters is 1. The highest BCUT2D eigenvalue weighted by Gasteiger charge is 2.24. The minimum Gasteiger partial charge on any atom is -0.449 e. The average Bonchev–Trinajstić information content (AvgIpc) is 2.85. The number of carbonyl (C=O) groups excluding carboxylic acids is 2. The van der Waals surface area contributed by atoms with E-state index < -0.39 is 12.1 Å². The molecule has 0 fully saturated rings. The van der Waals surface area contributed by atoms with Crippen molar-refractivity contribution in [1.82, 2.24) is 10.5 Å². The van der Waals surface area contributed by atoms with Gasteiger partial charge >= 0.3 is 5.97 Å². The Morgan fingerprint density at radius 2 is 1.87 bits per heavy atom. The maximum absolute atomic E-state index is 12.1. The van der Waals surface area contributed by atoms with Crippen LogP contribution in [0.2, 0.25) is 0 Å². The molecule has 2 aromatic rings. The molecular weight excluding hydrogens is 296 g/mol. The number of amides is 1. The molecule has 1 atom stereocenters. The number of ether oxygens (including phenoxy) is 1. The number of benzene rings is 1. The summed E-state index contributed by atoms with van der Waals surface area (Å²) >= 11 is 0. The van der Waals surface area contributed by atoms with E-state index in [0.29, 0.717) is 18.0 Å². The molecule has 2 rings (SSSR count). The molecular formula is C17H20N2O4. The van der Waals surface area contributed by atoms with E-state index in [1.54, 1.807) is 13.8 Å². The zero-order valence-corrected chi connectivity index (χ0v) is 13.7. The van der Waals surface area contributed by atoms with Gasteiger partial charge < -0.3 is 14.6 Å². The van der Waals surface area contributed by atoms with Gasteiger partial charge in [0.1, 0.15) is 11.3 Å². The summed E-state index contributed by atoms with van der Waals surface area (Å²) in [5, 5.41) is 6.44. The number of nitrogens with zero attached hydrogens (tertiary/aromatic N) is 1. The quantitative estimate of drug-likeness (QED) is 0.857. The third kappa shape index (κ3) is 4.18. The van der Waals surface area contributed by atoms with Crippen molar-refractivity contribution in [2.45, 2.75) is 40.3 Å². The SMILES string of the molecule is Cc1ccc(CNC(=O)[C@H](C)OC(=O)c2c(C)noc2C)cc1. The average molecular weight is 316 g/mol. The third-order valence-corrected chi connectivity index (χ3v) is 3.48. The van der Waals surface area contributed by atoms with Crippen LogP contribution >= 0.6 is 0 Å². The Hall–Kier alpha value is -2.63. The van der Waals surface area contributed by atoms with Gasteiger partial charge in [0, 0.05) is 6.54 Å². The summed E-state index contributed by atoms with van der Waals surface area (Å²) < 4.78 is 10.1. The predicted molar refractivity (Wildman–Crippen MR) is 83.9 cm³/mol. The van der Waals surface area contributed by atoms with Crippen molar-refractivity contribution in [2.75, 3.05) is 0 Å². The van der Waals surface area contributed by atoms with Crippen LogP contribution in [0.4, 0.5) is 0 Å². The minimum atomic E-state index is -0.901. The van der Waals surface area contributed by atoms with E-state index in [2.05, 4.69) is 10.5 Å². The Labute approximate surface area is 134 Å². The number of nitrogens with one attached hydrogen (secondary N) is 1. The molecule has 0 aliphatic heterocycles. The van der Waals surface area contributed by atoms with Gasteiger partial charge in [-0.2, -0.15) is 0 Å². The molecule has 6 nitrogen and oxygen atoms in total. The molecule has 1 N–H and O–H groups in total. The number of hydrogen-bond donors (Lipinski definition) is 1. The van der Waals surface area contributed by atoms with Crippen LogP contribution < -0.4 is 5.32 Å². The van der Waals surface area contributed by atoms with Crippen LogP contribution in [0.5, 0.6) is 0 Å². The fraction of sp³-hybridized carbons (Fsp3) is 0.353. The molecule has 23 heavy (non-hydrogen) atoms. The van der Waals surface area contributed by atoms with Crippen molar-refractivity contribution >= 4 is 11.9 Å². The van der Waals surface area contributed by atoms with Crippen LogP contribution in [-0.2, 0) is 16.1 Å². The Balaban J connectivity index is 1.90. The van der Waals surface area contributed by atoms with Gasteiger partial charge in [-0.05, 0) is 33.3 Å². The molecule has 122 valence electrons. The van der Waals surface area contributed by atoms with E-state index in [1.165, 1.54) is 6.92 Å². The molecule has 1 aromatic heterocycles. The van der Waals surface area contributed by atoms with E-state index in [9.17, 15) is 9.59 Å². The number of rotatable bonds is 5. The predicted octanol–water partition coefficient (Wildman–Crippen LogP) is 2.46. The fourth-order valence-corrected chi connectivity index (χ4v) is 2.09. The summed E-state index contributed by atoms with van der Waals surface area (Å²) in [5.74, 6) is -0.593. The van der Waals surface area contributed by atoms with Gasteiger partial charge in [0.25, 0.3) is 5.91 Å². The second-order valence-electron chi connectivity index (χ2n) is 5.45. The van der Waals surface area contributed by atoms with E-state index >= 15 is 0 Å². The van der Waals surface area contributed by atoms with Gasteiger partial charge in [-0.15, -0.1) is 0 Å². The van der Waals surface area contributed by atoms with E-state index in [4.69, 9.17) is 9.26 Å². The highest BCUT2D eigenvalue weighted by Crippen LogP contribution is 2.14. The number of carbonyl (C=O) groups is 2.